The minimum Gasteiger partial charge on any atom is -0.326 e. The van der Waals surface area contributed by atoms with E-state index < -0.39 is 0 Å². The summed E-state index contributed by atoms with van der Waals surface area (Å²) < 4.78 is 0. The normalized spacial score (nSPS) is 10.4. The Kier molecular flexibility index (Phi) is 5.88. The maximum absolute atomic E-state index is 12.0. The van der Waals surface area contributed by atoms with E-state index in [1.54, 1.807) is 11.8 Å². The molecule has 0 aliphatic heterocycles. The van der Waals surface area contributed by atoms with Gasteiger partial charge >= 0.3 is 0 Å². The Balaban J connectivity index is 1.74. The molecule has 0 saturated carbocycles. The molecule has 110 valence electrons. The Hall–Kier alpha value is -1.74. The molecule has 0 saturated heterocycles. The second kappa shape index (κ2) is 7.89. The van der Waals surface area contributed by atoms with E-state index in [0.717, 1.165) is 22.8 Å². The van der Waals surface area contributed by atoms with Gasteiger partial charge in [-0.3, -0.25) is 4.79 Å². The number of hydrogen-bond donors (Lipinski definition) is 1. The Morgan fingerprint density at radius 3 is 2.57 bits per heavy atom. The van der Waals surface area contributed by atoms with Gasteiger partial charge in [-0.25, -0.2) is 0 Å². The van der Waals surface area contributed by atoms with Gasteiger partial charge in [0.15, 0.2) is 0 Å². The number of thioether (sulfide) groups is 1. The number of benzene rings is 2. The second-order valence-electron chi connectivity index (χ2n) is 5.08. The largest absolute Gasteiger partial charge is 0.326 e. The molecule has 3 heteroatoms. The average Bonchev–Trinajstić information content (AvgIpc) is 2.49. The number of anilines is 1. The third kappa shape index (κ3) is 4.94. The van der Waals surface area contributed by atoms with Gasteiger partial charge in [0.05, 0.1) is 0 Å². The molecule has 21 heavy (non-hydrogen) atoms. The number of hydrogen-bond acceptors (Lipinski definition) is 2. The molecule has 2 nitrogen and oxygen atoms in total. The van der Waals surface area contributed by atoms with Gasteiger partial charge in [0.25, 0.3) is 0 Å². The zero-order valence-electron chi connectivity index (χ0n) is 12.6. The third-order valence-corrected chi connectivity index (χ3v) is 4.49. The molecule has 2 aromatic rings. The number of rotatable bonds is 6. The first-order chi connectivity index (χ1) is 10.2. The van der Waals surface area contributed by atoms with Crippen molar-refractivity contribution in [2.24, 2.45) is 0 Å². The van der Waals surface area contributed by atoms with Crippen LogP contribution in [-0.4, -0.2) is 11.7 Å². The van der Waals surface area contributed by atoms with Gasteiger partial charge < -0.3 is 5.32 Å². The van der Waals surface area contributed by atoms with E-state index in [9.17, 15) is 4.79 Å². The zero-order chi connectivity index (χ0) is 15.1. The van der Waals surface area contributed by atoms with Crippen molar-refractivity contribution in [3.05, 3.63) is 65.2 Å². The molecule has 0 aliphatic carbocycles. The van der Waals surface area contributed by atoms with Gasteiger partial charge in [-0.2, -0.15) is 11.8 Å². The summed E-state index contributed by atoms with van der Waals surface area (Å²) in [5, 5.41) is 3.00. The van der Waals surface area contributed by atoms with Gasteiger partial charge in [-0.1, -0.05) is 42.5 Å². The quantitative estimate of drug-likeness (QED) is 0.792. The number of carbonyl (C=O) groups excluding carboxylic acids is 1. The minimum absolute atomic E-state index is 0.0873. The van der Waals surface area contributed by atoms with Crippen molar-refractivity contribution in [1.82, 2.24) is 0 Å². The summed E-state index contributed by atoms with van der Waals surface area (Å²) in [5.41, 5.74) is 4.57. The first-order valence-electron chi connectivity index (χ1n) is 7.14. The molecule has 0 aliphatic rings. The Bertz CT molecular complexity index is 595. The lowest BCUT2D eigenvalue weighted by Gasteiger charge is -2.10. The van der Waals surface area contributed by atoms with Crippen molar-refractivity contribution < 1.29 is 4.79 Å². The van der Waals surface area contributed by atoms with E-state index in [-0.39, 0.29) is 5.91 Å². The van der Waals surface area contributed by atoms with Gasteiger partial charge in [0, 0.05) is 23.6 Å². The summed E-state index contributed by atoms with van der Waals surface area (Å²) in [5.74, 6) is 1.88. The Morgan fingerprint density at radius 2 is 1.81 bits per heavy atom. The molecule has 0 bridgehead atoms. The first-order valence-corrected chi connectivity index (χ1v) is 8.30. The second-order valence-corrected chi connectivity index (χ2v) is 6.19. The molecule has 0 unspecified atom stereocenters. The predicted octanol–water partition coefficient (Wildman–Crippen LogP) is 4.57. The zero-order valence-corrected chi connectivity index (χ0v) is 13.4. The first kappa shape index (κ1) is 15.6. The molecule has 0 heterocycles. The van der Waals surface area contributed by atoms with E-state index in [0.29, 0.717) is 6.42 Å². The fraction of sp³-hybridized carbons (Fsp3) is 0.278. The van der Waals surface area contributed by atoms with Gasteiger partial charge in [-0.05, 0) is 36.6 Å². The highest BCUT2D eigenvalue weighted by Gasteiger charge is 2.05. The molecule has 0 spiro atoms. The lowest BCUT2D eigenvalue weighted by molar-refractivity contribution is -0.115. The van der Waals surface area contributed by atoms with Crippen LogP contribution in [0.25, 0.3) is 0 Å². The molecular weight excluding hydrogens is 278 g/mol. The summed E-state index contributed by atoms with van der Waals surface area (Å²) in [6.45, 7) is 4.09. The van der Waals surface area contributed by atoms with E-state index in [4.69, 9.17) is 0 Å². The van der Waals surface area contributed by atoms with Crippen molar-refractivity contribution in [2.45, 2.75) is 26.0 Å². The number of nitrogens with one attached hydrogen (secondary N) is 1. The van der Waals surface area contributed by atoms with Crippen molar-refractivity contribution >= 4 is 23.4 Å². The van der Waals surface area contributed by atoms with Crippen LogP contribution in [-0.2, 0) is 10.5 Å². The van der Waals surface area contributed by atoms with E-state index in [1.165, 1.54) is 11.1 Å². The smallest absolute Gasteiger partial charge is 0.225 e. The van der Waals surface area contributed by atoms with Crippen LogP contribution in [0.15, 0.2) is 48.5 Å². The summed E-state index contributed by atoms with van der Waals surface area (Å²) in [6, 6.07) is 16.3. The number of amides is 1. The molecule has 0 radical (unpaired) electrons. The number of aryl methyl sites for hydroxylation is 1. The lowest BCUT2D eigenvalue weighted by atomic mass is 10.1. The Morgan fingerprint density at radius 1 is 1.05 bits per heavy atom. The maximum Gasteiger partial charge on any atom is 0.225 e. The molecule has 1 N–H and O–H groups in total. The average molecular weight is 299 g/mol. The minimum atomic E-state index is 0.0873. The summed E-state index contributed by atoms with van der Waals surface area (Å²) in [4.78, 5) is 12.0. The van der Waals surface area contributed by atoms with E-state index >= 15 is 0 Å². The van der Waals surface area contributed by atoms with Crippen LogP contribution in [0, 0.1) is 13.8 Å². The molecule has 2 aromatic carbocycles. The van der Waals surface area contributed by atoms with Crippen LogP contribution in [0.2, 0.25) is 0 Å². The van der Waals surface area contributed by atoms with Crippen molar-refractivity contribution in [3.63, 3.8) is 0 Å². The van der Waals surface area contributed by atoms with Gasteiger partial charge in [0.2, 0.25) is 5.91 Å². The fourth-order valence-corrected chi connectivity index (χ4v) is 2.93. The van der Waals surface area contributed by atoms with Crippen LogP contribution < -0.4 is 5.32 Å². The fourth-order valence-electron chi connectivity index (χ4n) is 2.03. The van der Waals surface area contributed by atoms with Crippen LogP contribution in [0.1, 0.15) is 23.1 Å². The van der Waals surface area contributed by atoms with E-state index in [1.807, 2.05) is 37.3 Å². The summed E-state index contributed by atoms with van der Waals surface area (Å²) in [6.07, 6.45) is 0.547. The van der Waals surface area contributed by atoms with Gasteiger partial charge in [-0.15, -0.1) is 0 Å². The predicted molar refractivity (Wildman–Crippen MR) is 91.8 cm³/mol. The SMILES string of the molecule is Cc1cccc(NC(=O)CCSCc2ccccc2)c1C. The Labute approximate surface area is 131 Å². The van der Waals surface area contributed by atoms with Crippen LogP contribution >= 0.6 is 11.8 Å². The number of carbonyl (C=O) groups is 1. The summed E-state index contributed by atoms with van der Waals surface area (Å²) >= 11 is 1.79. The monoisotopic (exact) mass is 299 g/mol. The lowest BCUT2D eigenvalue weighted by Crippen LogP contribution is -2.13. The third-order valence-electron chi connectivity index (χ3n) is 3.46. The summed E-state index contributed by atoms with van der Waals surface area (Å²) in [7, 11) is 0. The molecule has 0 aromatic heterocycles. The standard InChI is InChI=1S/C18H21NOS/c1-14-7-6-10-17(15(14)2)19-18(20)11-12-21-13-16-8-4-3-5-9-16/h3-10H,11-13H2,1-2H3,(H,19,20). The van der Waals surface area contributed by atoms with Crippen LogP contribution in [0.4, 0.5) is 5.69 Å². The highest BCUT2D eigenvalue weighted by molar-refractivity contribution is 7.98. The molecule has 0 atom stereocenters. The van der Waals surface area contributed by atoms with Crippen LogP contribution in [0.3, 0.4) is 0 Å². The highest BCUT2D eigenvalue weighted by Crippen LogP contribution is 2.18. The van der Waals surface area contributed by atoms with E-state index in [2.05, 4.69) is 30.4 Å². The molecule has 1 amide bonds. The molecule has 0 fully saturated rings. The van der Waals surface area contributed by atoms with Crippen LogP contribution in [0.5, 0.6) is 0 Å². The van der Waals surface area contributed by atoms with Crippen molar-refractivity contribution in [3.8, 4) is 0 Å². The highest BCUT2D eigenvalue weighted by atomic mass is 32.2. The molecular formula is C18H21NOS. The van der Waals surface area contributed by atoms with Crippen molar-refractivity contribution in [1.29, 1.82) is 0 Å². The molecule has 2 rings (SSSR count). The maximum atomic E-state index is 12.0. The van der Waals surface area contributed by atoms with Crippen molar-refractivity contribution in [2.75, 3.05) is 11.1 Å². The topological polar surface area (TPSA) is 29.1 Å². The van der Waals surface area contributed by atoms with Gasteiger partial charge in [0.1, 0.15) is 0 Å².